The fourth-order valence-electron chi connectivity index (χ4n) is 0.212. The van der Waals surface area contributed by atoms with E-state index >= 15 is 0 Å². The summed E-state index contributed by atoms with van der Waals surface area (Å²) in [6.45, 7) is 2.28. The second-order valence-corrected chi connectivity index (χ2v) is 4.58. The van der Waals surface area contributed by atoms with E-state index in [0.29, 0.717) is 0 Å². The maximum Gasteiger partial charge on any atom is 0.0807 e. The van der Waals surface area contributed by atoms with Crippen LogP contribution in [0.4, 0.5) is 0 Å². The van der Waals surface area contributed by atoms with Gasteiger partial charge in [-0.2, -0.15) is 0 Å². The summed E-state index contributed by atoms with van der Waals surface area (Å²) in [4.78, 5) is 0. The third-order valence-corrected chi connectivity index (χ3v) is 4.14. The summed E-state index contributed by atoms with van der Waals surface area (Å²) in [5.74, 6) is 0. The van der Waals surface area contributed by atoms with Crippen LogP contribution in [0.15, 0.2) is 0 Å². The molecule has 0 spiro atoms. The SMILES string of the molecule is CSC(C)(CO)SC. The molecule has 0 saturated heterocycles. The number of aliphatic hydroxyl groups excluding tert-OH is 1. The molecule has 0 aromatic carbocycles. The molecule has 0 heterocycles. The number of hydrogen-bond donors (Lipinski definition) is 1. The van der Waals surface area contributed by atoms with Crippen molar-refractivity contribution in [2.45, 2.75) is 11.0 Å². The van der Waals surface area contributed by atoms with Gasteiger partial charge in [0.25, 0.3) is 0 Å². The summed E-state index contributed by atoms with van der Waals surface area (Å²) in [6, 6.07) is 0. The van der Waals surface area contributed by atoms with Crippen LogP contribution in [0.1, 0.15) is 6.92 Å². The summed E-state index contributed by atoms with van der Waals surface area (Å²) >= 11 is 3.37. The van der Waals surface area contributed by atoms with Crippen molar-refractivity contribution < 1.29 is 5.11 Å². The second kappa shape index (κ2) is 3.64. The molecule has 3 heteroatoms. The van der Waals surface area contributed by atoms with Gasteiger partial charge in [-0.25, -0.2) is 0 Å². The highest BCUT2D eigenvalue weighted by atomic mass is 32.2. The first-order valence-corrected chi connectivity index (χ1v) is 4.84. The van der Waals surface area contributed by atoms with Gasteiger partial charge in [0.05, 0.1) is 10.7 Å². The van der Waals surface area contributed by atoms with Gasteiger partial charge in [0.1, 0.15) is 0 Å². The maximum absolute atomic E-state index is 8.74. The lowest BCUT2D eigenvalue weighted by Crippen LogP contribution is -2.18. The predicted molar refractivity (Wildman–Crippen MR) is 42.5 cm³/mol. The highest BCUT2D eigenvalue weighted by molar-refractivity contribution is 8.17. The van der Waals surface area contributed by atoms with Gasteiger partial charge in [-0.1, -0.05) is 0 Å². The monoisotopic (exact) mass is 152 g/mol. The number of rotatable bonds is 3. The van der Waals surface area contributed by atoms with Crippen molar-refractivity contribution in [1.82, 2.24) is 0 Å². The molecule has 0 unspecified atom stereocenters. The molecule has 1 N–H and O–H groups in total. The molecule has 0 aromatic heterocycles. The van der Waals surface area contributed by atoms with Crippen LogP contribution in [0.5, 0.6) is 0 Å². The van der Waals surface area contributed by atoms with Gasteiger partial charge in [-0.15, -0.1) is 23.5 Å². The Hall–Kier alpha value is 0.660. The first-order chi connectivity index (χ1) is 3.68. The van der Waals surface area contributed by atoms with Crippen molar-refractivity contribution >= 4 is 23.5 Å². The standard InChI is InChI=1S/C5H12OS2/c1-5(4-6,7-2)8-3/h6H,4H2,1-3H3. The van der Waals surface area contributed by atoms with Crippen LogP contribution in [0, 0.1) is 0 Å². The van der Waals surface area contributed by atoms with Gasteiger partial charge >= 0.3 is 0 Å². The van der Waals surface area contributed by atoms with Crippen LogP contribution >= 0.6 is 23.5 Å². The third kappa shape index (κ3) is 2.29. The van der Waals surface area contributed by atoms with E-state index in [4.69, 9.17) is 5.11 Å². The van der Waals surface area contributed by atoms with Gasteiger partial charge in [0, 0.05) is 0 Å². The fraction of sp³-hybridized carbons (Fsp3) is 1.00. The van der Waals surface area contributed by atoms with Crippen LogP contribution < -0.4 is 0 Å². The highest BCUT2D eigenvalue weighted by Gasteiger charge is 2.18. The highest BCUT2D eigenvalue weighted by Crippen LogP contribution is 2.31. The first-order valence-electron chi connectivity index (χ1n) is 2.39. The Morgan fingerprint density at radius 1 is 1.38 bits per heavy atom. The Balaban J connectivity index is 3.58. The van der Waals surface area contributed by atoms with Crippen molar-refractivity contribution in [2.75, 3.05) is 19.1 Å². The first kappa shape index (κ1) is 8.66. The van der Waals surface area contributed by atoms with E-state index in [2.05, 4.69) is 0 Å². The molecule has 0 fully saturated rings. The molecule has 0 aliphatic heterocycles. The van der Waals surface area contributed by atoms with E-state index in [-0.39, 0.29) is 10.7 Å². The zero-order valence-electron chi connectivity index (χ0n) is 5.47. The minimum absolute atomic E-state index is 0.0139. The molecule has 8 heavy (non-hydrogen) atoms. The molecule has 0 bridgehead atoms. The number of aliphatic hydroxyl groups is 1. The minimum atomic E-state index is 0.0139. The van der Waals surface area contributed by atoms with E-state index < -0.39 is 0 Å². The Morgan fingerprint density at radius 2 is 1.75 bits per heavy atom. The fourth-order valence-corrected chi connectivity index (χ4v) is 1.14. The van der Waals surface area contributed by atoms with Crippen molar-refractivity contribution in [3.8, 4) is 0 Å². The summed E-state index contributed by atoms with van der Waals surface area (Å²) in [5, 5.41) is 8.74. The van der Waals surface area contributed by atoms with Crippen molar-refractivity contribution in [1.29, 1.82) is 0 Å². The quantitative estimate of drug-likeness (QED) is 0.618. The summed E-state index contributed by atoms with van der Waals surface area (Å²) in [7, 11) is 0. The summed E-state index contributed by atoms with van der Waals surface area (Å²) in [5.41, 5.74) is 0. The summed E-state index contributed by atoms with van der Waals surface area (Å²) < 4.78 is 0.0139. The Labute approximate surface area is 59.2 Å². The Kier molecular flexibility index (Phi) is 3.94. The lowest BCUT2D eigenvalue weighted by atomic mass is 10.5. The largest absolute Gasteiger partial charge is 0.394 e. The molecule has 0 rings (SSSR count). The normalized spacial score (nSPS) is 12.0. The zero-order valence-corrected chi connectivity index (χ0v) is 7.10. The van der Waals surface area contributed by atoms with E-state index in [1.807, 2.05) is 19.4 Å². The predicted octanol–water partition coefficient (Wildman–Crippen LogP) is 1.42. The lowest BCUT2D eigenvalue weighted by Gasteiger charge is -2.21. The molecule has 1 nitrogen and oxygen atoms in total. The van der Waals surface area contributed by atoms with Crippen LogP contribution in [0.3, 0.4) is 0 Å². The van der Waals surface area contributed by atoms with E-state index in [9.17, 15) is 0 Å². The maximum atomic E-state index is 8.74. The summed E-state index contributed by atoms with van der Waals surface area (Å²) in [6.07, 6.45) is 4.01. The molecule has 50 valence electrons. The van der Waals surface area contributed by atoms with E-state index in [0.717, 1.165) is 0 Å². The lowest BCUT2D eigenvalue weighted by molar-refractivity contribution is 0.291. The topological polar surface area (TPSA) is 20.2 Å². The van der Waals surface area contributed by atoms with Gasteiger partial charge in [0.15, 0.2) is 0 Å². The van der Waals surface area contributed by atoms with Crippen molar-refractivity contribution in [3.63, 3.8) is 0 Å². The van der Waals surface area contributed by atoms with Crippen LogP contribution in [0.2, 0.25) is 0 Å². The van der Waals surface area contributed by atoms with E-state index in [1.165, 1.54) is 0 Å². The molecular weight excluding hydrogens is 140 g/mol. The number of hydrogen-bond acceptors (Lipinski definition) is 3. The Morgan fingerprint density at radius 3 is 1.75 bits per heavy atom. The molecule has 0 aliphatic carbocycles. The average Bonchev–Trinajstić information content (AvgIpc) is 1.87. The number of thioether (sulfide) groups is 2. The molecule has 0 saturated carbocycles. The average molecular weight is 152 g/mol. The van der Waals surface area contributed by atoms with Crippen LogP contribution in [0.25, 0.3) is 0 Å². The van der Waals surface area contributed by atoms with Crippen molar-refractivity contribution in [2.24, 2.45) is 0 Å². The second-order valence-electron chi connectivity index (χ2n) is 1.70. The van der Waals surface area contributed by atoms with E-state index in [1.54, 1.807) is 23.5 Å². The molecule has 0 aromatic rings. The molecule has 0 aliphatic rings. The Bertz CT molecular complexity index is 53.2. The smallest absolute Gasteiger partial charge is 0.0807 e. The van der Waals surface area contributed by atoms with Gasteiger partial charge < -0.3 is 5.11 Å². The van der Waals surface area contributed by atoms with Gasteiger partial charge in [-0.05, 0) is 19.4 Å². The zero-order chi connectivity index (χ0) is 6.62. The van der Waals surface area contributed by atoms with Gasteiger partial charge in [0.2, 0.25) is 0 Å². The van der Waals surface area contributed by atoms with Crippen LogP contribution in [-0.2, 0) is 0 Å². The van der Waals surface area contributed by atoms with Gasteiger partial charge in [-0.3, -0.25) is 0 Å². The minimum Gasteiger partial charge on any atom is -0.394 e. The molecule has 0 atom stereocenters. The third-order valence-electron chi connectivity index (χ3n) is 1.15. The molecule has 0 amide bonds. The molecular formula is C5H12OS2. The van der Waals surface area contributed by atoms with Crippen LogP contribution in [-0.4, -0.2) is 28.3 Å². The van der Waals surface area contributed by atoms with Crippen molar-refractivity contribution in [3.05, 3.63) is 0 Å². The molecule has 0 radical (unpaired) electrons.